The fourth-order valence-corrected chi connectivity index (χ4v) is 1.20. The van der Waals surface area contributed by atoms with Gasteiger partial charge in [-0.05, 0) is 12.1 Å². The Balaban J connectivity index is 0.00000225. The predicted octanol–water partition coefficient (Wildman–Crippen LogP) is -2.92. The standard InChI is InChI=1S/C10H12O5.K/c1-13-7-4-6(10(11)12)5-8(14-2)9(7)15-3;/h4-5H,1-3H3,(H,11,12);/q;+1/p-1. The first-order valence-electron chi connectivity index (χ1n) is 4.15. The molecular weight excluding hydrogens is 239 g/mol. The molecule has 0 saturated carbocycles. The summed E-state index contributed by atoms with van der Waals surface area (Å²) in [5.74, 6) is -0.369. The Kier molecular flexibility index (Phi) is 7.01. The zero-order valence-electron chi connectivity index (χ0n) is 9.70. The van der Waals surface area contributed by atoms with Crippen LogP contribution in [0.25, 0.3) is 0 Å². The van der Waals surface area contributed by atoms with Gasteiger partial charge in [-0.25, -0.2) is 0 Å². The fraction of sp³-hybridized carbons (Fsp3) is 0.300. The summed E-state index contributed by atoms with van der Waals surface area (Å²) in [7, 11) is 4.27. The van der Waals surface area contributed by atoms with Gasteiger partial charge in [0.1, 0.15) is 0 Å². The first-order chi connectivity index (χ1) is 7.13. The number of hydrogen-bond acceptors (Lipinski definition) is 5. The zero-order chi connectivity index (χ0) is 11.4. The minimum absolute atomic E-state index is 0. The number of carboxylic acid groups (broad SMARTS) is 1. The van der Waals surface area contributed by atoms with E-state index in [9.17, 15) is 9.90 Å². The molecule has 1 aromatic carbocycles. The average Bonchev–Trinajstić information content (AvgIpc) is 2.26. The molecule has 0 unspecified atom stereocenters. The van der Waals surface area contributed by atoms with Crippen LogP contribution in [0.3, 0.4) is 0 Å². The van der Waals surface area contributed by atoms with Crippen molar-refractivity contribution in [1.82, 2.24) is 0 Å². The second-order valence-corrected chi connectivity index (χ2v) is 2.70. The van der Waals surface area contributed by atoms with Crippen molar-refractivity contribution in [3.63, 3.8) is 0 Å². The summed E-state index contributed by atoms with van der Waals surface area (Å²) in [6.07, 6.45) is 0. The van der Waals surface area contributed by atoms with Gasteiger partial charge >= 0.3 is 51.4 Å². The van der Waals surface area contributed by atoms with Gasteiger partial charge in [0.2, 0.25) is 5.75 Å². The zero-order valence-corrected chi connectivity index (χ0v) is 12.8. The molecule has 82 valence electrons. The van der Waals surface area contributed by atoms with Gasteiger partial charge in [-0.1, -0.05) is 0 Å². The molecule has 1 aromatic rings. The van der Waals surface area contributed by atoms with Crippen LogP contribution in [0.1, 0.15) is 10.4 Å². The van der Waals surface area contributed by atoms with Crippen LogP contribution in [0.4, 0.5) is 0 Å². The second kappa shape index (κ2) is 7.13. The van der Waals surface area contributed by atoms with E-state index in [1.54, 1.807) is 0 Å². The fourth-order valence-electron chi connectivity index (χ4n) is 1.20. The number of carboxylic acids is 1. The Morgan fingerprint density at radius 2 is 1.50 bits per heavy atom. The van der Waals surface area contributed by atoms with Crippen LogP contribution in [0.5, 0.6) is 17.2 Å². The number of hydrogen-bond donors (Lipinski definition) is 0. The van der Waals surface area contributed by atoms with Gasteiger partial charge in [0.05, 0.1) is 27.3 Å². The van der Waals surface area contributed by atoms with E-state index in [2.05, 4.69) is 0 Å². The van der Waals surface area contributed by atoms with Crippen LogP contribution < -0.4 is 70.7 Å². The molecule has 0 aromatic heterocycles. The number of rotatable bonds is 4. The summed E-state index contributed by atoms with van der Waals surface area (Å²) in [6, 6.07) is 2.63. The van der Waals surface area contributed by atoms with Gasteiger partial charge < -0.3 is 24.1 Å². The number of benzene rings is 1. The molecule has 0 spiro atoms. The molecule has 0 aliphatic carbocycles. The third-order valence-corrected chi connectivity index (χ3v) is 1.90. The molecule has 5 nitrogen and oxygen atoms in total. The van der Waals surface area contributed by atoms with E-state index in [1.165, 1.54) is 33.5 Å². The average molecular weight is 250 g/mol. The van der Waals surface area contributed by atoms with Crippen LogP contribution in [0.15, 0.2) is 12.1 Å². The van der Waals surface area contributed by atoms with Gasteiger partial charge in [0.25, 0.3) is 0 Å². The monoisotopic (exact) mass is 250 g/mol. The molecule has 0 N–H and O–H groups in total. The summed E-state index contributed by atoms with van der Waals surface area (Å²) in [6.45, 7) is 0. The van der Waals surface area contributed by atoms with E-state index in [-0.39, 0.29) is 68.4 Å². The molecule has 0 amide bonds. The van der Waals surface area contributed by atoms with Gasteiger partial charge in [-0.3, -0.25) is 0 Å². The Morgan fingerprint density at radius 3 is 1.75 bits per heavy atom. The molecule has 0 atom stereocenters. The summed E-state index contributed by atoms with van der Waals surface area (Å²) in [5, 5.41) is 10.7. The van der Waals surface area contributed by atoms with Crippen molar-refractivity contribution >= 4 is 5.97 Å². The van der Waals surface area contributed by atoms with Gasteiger partial charge in [-0.2, -0.15) is 0 Å². The van der Waals surface area contributed by atoms with E-state index in [4.69, 9.17) is 14.2 Å². The minimum atomic E-state index is -1.30. The Bertz CT molecular complexity index is 352. The van der Waals surface area contributed by atoms with E-state index in [1.807, 2.05) is 0 Å². The maximum Gasteiger partial charge on any atom is 1.00 e. The van der Waals surface area contributed by atoms with Crippen molar-refractivity contribution in [1.29, 1.82) is 0 Å². The molecule has 0 aliphatic rings. The van der Waals surface area contributed by atoms with Crippen LogP contribution in [0, 0.1) is 0 Å². The van der Waals surface area contributed by atoms with Gasteiger partial charge in [0.15, 0.2) is 11.5 Å². The third kappa shape index (κ3) is 3.36. The normalized spacial score (nSPS) is 8.94. The topological polar surface area (TPSA) is 67.8 Å². The molecule has 0 bridgehead atoms. The van der Waals surface area contributed by atoms with Crippen molar-refractivity contribution in [3.8, 4) is 17.2 Å². The first-order valence-corrected chi connectivity index (χ1v) is 4.15. The molecule has 16 heavy (non-hydrogen) atoms. The van der Waals surface area contributed by atoms with Crippen LogP contribution in [-0.2, 0) is 0 Å². The molecule has 0 saturated heterocycles. The summed E-state index contributed by atoms with van der Waals surface area (Å²) in [5.41, 5.74) is -0.0236. The number of methoxy groups -OCH3 is 3. The largest absolute Gasteiger partial charge is 1.00 e. The molecule has 0 heterocycles. The maximum atomic E-state index is 10.7. The Morgan fingerprint density at radius 1 is 1.06 bits per heavy atom. The van der Waals surface area contributed by atoms with Gasteiger partial charge in [-0.15, -0.1) is 0 Å². The van der Waals surface area contributed by atoms with Crippen LogP contribution >= 0.6 is 0 Å². The quantitative estimate of drug-likeness (QED) is 0.536. The SMILES string of the molecule is COc1cc(C(=O)[O-])cc(OC)c1OC.[K+]. The second-order valence-electron chi connectivity index (χ2n) is 2.70. The molecular formula is C10H11KO5. The van der Waals surface area contributed by atoms with E-state index >= 15 is 0 Å². The Hall–Kier alpha value is -0.274. The van der Waals surface area contributed by atoms with Crippen LogP contribution in [0.2, 0.25) is 0 Å². The number of carbonyl (C=O) groups is 1. The van der Waals surface area contributed by atoms with E-state index < -0.39 is 5.97 Å². The summed E-state index contributed by atoms with van der Waals surface area (Å²) < 4.78 is 15.0. The molecule has 6 heteroatoms. The number of aromatic carboxylic acids is 1. The predicted molar refractivity (Wildman–Crippen MR) is 50.4 cm³/mol. The smallest absolute Gasteiger partial charge is 0.545 e. The number of ether oxygens (including phenoxy) is 3. The summed E-state index contributed by atoms with van der Waals surface area (Å²) >= 11 is 0. The van der Waals surface area contributed by atoms with Crippen molar-refractivity contribution < 1.29 is 75.5 Å². The molecule has 0 aliphatic heterocycles. The van der Waals surface area contributed by atoms with Crippen LogP contribution in [-0.4, -0.2) is 27.3 Å². The van der Waals surface area contributed by atoms with Crippen molar-refractivity contribution in [2.45, 2.75) is 0 Å². The number of carbonyl (C=O) groups excluding carboxylic acids is 1. The molecule has 0 fully saturated rings. The Labute approximate surface area is 136 Å². The van der Waals surface area contributed by atoms with Crippen molar-refractivity contribution in [2.75, 3.05) is 21.3 Å². The maximum absolute atomic E-state index is 10.7. The van der Waals surface area contributed by atoms with E-state index in [0.717, 1.165) is 0 Å². The first kappa shape index (κ1) is 15.7. The van der Waals surface area contributed by atoms with Gasteiger partial charge in [0, 0.05) is 5.56 Å². The van der Waals surface area contributed by atoms with Crippen molar-refractivity contribution in [2.24, 2.45) is 0 Å². The van der Waals surface area contributed by atoms with Crippen molar-refractivity contribution in [3.05, 3.63) is 17.7 Å². The molecule has 1 rings (SSSR count). The van der Waals surface area contributed by atoms with E-state index in [0.29, 0.717) is 5.75 Å². The molecule has 0 radical (unpaired) electrons. The third-order valence-electron chi connectivity index (χ3n) is 1.90. The summed E-state index contributed by atoms with van der Waals surface area (Å²) in [4.78, 5) is 10.7. The minimum Gasteiger partial charge on any atom is -0.545 e.